The van der Waals surface area contributed by atoms with E-state index in [0.29, 0.717) is 11.5 Å². The summed E-state index contributed by atoms with van der Waals surface area (Å²) in [5.41, 5.74) is 4.57. The van der Waals surface area contributed by atoms with E-state index in [1.54, 1.807) is 18.0 Å². The minimum atomic E-state index is -0.197. The van der Waals surface area contributed by atoms with Gasteiger partial charge in [0.1, 0.15) is 0 Å². The highest BCUT2D eigenvalue weighted by Gasteiger charge is 2.16. The van der Waals surface area contributed by atoms with E-state index >= 15 is 0 Å². The summed E-state index contributed by atoms with van der Waals surface area (Å²) < 4.78 is 11.5. The number of carbonyl (C=O) groups is 1. The molecule has 0 spiro atoms. The van der Waals surface area contributed by atoms with Crippen molar-refractivity contribution in [3.05, 3.63) is 58.1 Å². The number of hydrazone groups is 1. The first-order valence-corrected chi connectivity index (χ1v) is 9.55. The summed E-state index contributed by atoms with van der Waals surface area (Å²) in [5.74, 6) is 2.02. The van der Waals surface area contributed by atoms with Crippen molar-refractivity contribution in [2.24, 2.45) is 5.10 Å². The van der Waals surface area contributed by atoms with Gasteiger partial charge in [0.2, 0.25) is 6.79 Å². The predicted molar refractivity (Wildman–Crippen MR) is 103 cm³/mol. The van der Waals surface area contributed by atoms with E-state index in [1.165, 1.54) is 5.56 Å². The first-order valence-electron chi connectivity index (χ1n) is 7.71. The average molecular weight is 421 g/mol. The minimum absolute atomic E-state index is 0.131. The van der Waals surface area contributed by atoms with Gasteiger partial charge in [0.15, 0.2) is 11.5 Å². The molecule has 130 valence electrons. The number of nitrogens with one attached hydrogen (secondary N) is 1. The third-order valence-electron chi connectivity index (χ3n) is 3.58. The fraction of sp³-hybridized carbons (Fsp3) is 0.222. The average Bonchev–Trinajstić information content (AvgIpc) is 3.07. The van der Waals surface area contributed by atoms with Crippen LogP contribution in [0.3, 0.4) is 0 Å². The Hall–Kier alpha value is -1.99. The summed E-state index contributed by atoms with van der Waals surface area (Å²) in [7, 11) is 0. The molecule has 0 aliphatic carbocycles. The Balaban J connectivity index is 1.52. The number of benzene rings is 2. The number of rotatable bonds is 6. The molecular formula is C18H17BrN2O3S. The fourth-order valence-electron chi connectivity index (χ4n) is 2.16. The number of hydrogen-bond donors (Lipinski definition) is 1. The molecule has 0 bridgehead atoms. The number of thioether (sulfide) groups is 1. The van der Waals surface area contributed by atoms with Gasteiger partial charge in [0.05, 0.1) is 11.5 Å². The number of carbonyl (C=O) groups excluding carboxylic acids is 1. The molecule has 2 aromatic carbocycles. The quantitative estimate of drug-likeness (QED) is 0.567. The van der Waals surface area contributed by atoms with Crippen LogP contribution in [0, 0.1) is 0 Å². The van der Waals surface area contributed by atoms with Gasteiger partial charge in [-0.05, 0) is 40.5 Å². The van der Waals surface area contributed by atoms with E-state index in [-0.39, 0.29) is 18.0 Å². The molecule has 1 aliphatic rings. The van der Waals surface area contributed by atoms with Crippen LogP contribution < -0.4 is 14.9 Å². The molecule has 0 unspecified atom stereocenters. The Morgan fingerprint density at radius 3 is 2.80 bits per heavy atom. The summed E-state index contributed by atoms with van der Waals surface area (Å²) in [6.07, 6.45) is 1.58. The Bertz CT molecular complexity index is 783. The number of ether oxygens (including phenoxy) is 2. The molecular weight excluding hydrogens is 404 g/mol. The van der Waals surface area contributed by atoms with Gasteiger partial charge in [-0.15, -0.1) is 11.8 Å². The normalized spacial score (nSPS) is 13.8. The molecule has 1 aliphatic heterocycles. The first kappa shape index (κ1) is 17.8. The highest BCUT2D eigenvalue weighted by molar-refractivity contribution is 9.10. The molecule has 2 aromatic rings. The monoisotopic (exact) mass is 420 g/mol. The van der Waals surface area contributed by atoms with Crippen LogP contribution in [0.2, 0.25) is 0 Å². The van der Waals surface area contributed by atoms with E-state index in [9.17, 15) is 4.79 Å². The molecule has 3 rings (SSSR count). The standard InChI is InChI=1S/C18H17BrN2O3S/c1-12(25-10-13-5-3-2-4-6-13)18(22)21-20-9-14-7-16-17(8-15(14)19)24-11-23-16/h2-9,12H,10-11H2,1H3,(H,21,22)/b20-9-/t12-/m1/s1. The first-order chi connectivity index (χ1) is 12.1. The van der Waals surface area contributed by atoms with Crippen molar-refractivity contribution < 1.29 is 14.3 Å². The van der Waals surface area contributed by atoms with Crippen LogP contribution in [0.5, 0.6) is 11.5 Å². The number of halogens is 1. The van der Waals surface area contributed by atoms with Crippen molar-refractivity contribution in [1.29, 1.82) is 0 Å². The van der Waals surface area contributed by atoms with Gasteiger partial charge in [0.25, 0.3) is 5.91 Å². The Labute approximate surface area is 158 Å². The highest BCUT2D eigenvalue weighted by Crippen LogP contribution is 2.36. The zero-order valence-electron chi connectivity index (χ0n) is 13.6. The lowest BCUT2D eigenvalue weighted by molar-refractivity contribution is -0.120. The number of amides is 1. The maximum atomic E-state index is 12.1. The van der Waals surface area contributed by atoms with Crippen molar-refractivity contribution in [3.63, 3.8) is 0 Å². The lowest BCUT2D eigenvalue weighted by atomic mass is 10.2. The van der Waals surface area contributed by atoms with Crippen molar-refractivity contribution in [1.82, 2.24) is 5.43 Å². The molecule has 1 N–H and O–H groups in total. The summed E-state index contributed by atoms with van der Waals surface area (Å²) in [6.45, 7) is 2.09. The highest BCUT2D eigenvalue weighted by atomic mass is 79.9. The Morgan fingerprint density at radius 1 is 1.32 bits per heavy atom. The minimum Gasteiger partial charge on any atom is -0.454 e. The number of hydrogen-bond acceptors (Lipinski definition) is 5. The van der Waals surface area contributed by atoms with Gasteiger partial charge < -0.3 is 9.47 Å². The third-order valence-corrected chi connectivity index (χ3v) is 5.48. The summed E-state index contributed by atoms with van der Waals surface area (Å²) >= 11 is 5.02. The van der Waals surface area contributed by atoms with Crippen molar-refractivity contribution in [3.8, 4) is 11.5 Å². The molecule has 1 heterocycles. The van der Waals surface area contributed by atoms with Crippen LogP contribution in [-0.4, -0.2) is 24.2 Å². The second kappa shape index (κ2) is 8.40. The van der Waals surface area contributed by atoms with E-state index in [4.69, 9.17) is 9.47 Å². The maximum absolute atomic E-state index is 12.1. The Morgan fingerprint density at radius 2 is 2.04 bits per heavy atom. The van der Waals surface area contributed by atoms with Gasteiger partial charge >= 0.3 is 0 Å². The predicted octanol–water partition coefficient (Wildman–Crippen LogP) is 3.95. The van der Waals surface area contributed by atoms with Crippen molar-refractivity contribution in [2.45, 2.75) is 17.9 Å². The molecule has 1 atom stereocenters. The molecule has 0 aromatic heterocycles. The molecule has 5 nitrogen and oxygen atoms in total. The van der Waals surface area contributed by atoms with Gasteiger partial charge in [-0.3, -0.25) is 4.79 Å². The molecule has 25 heavy (non-hydrogen) atoms. The van der Waals surface area contributed by atoms with Crippen LogP contribution in [0.25, 0.3) is 0 Å². The lowest BCUT2D eigenvalue weighted by Gasteiger charge is -2.09. The molecule has 7 heteroatoms. The van der Waals surface area contributed by atoms with Crippen LogP contribution >= 0.6 is 27.7 Å². The van der Waals surface area contributed by atoms with E-state index in [2.05, 4.69) is 26.5 Å². The number of nitrogens with zero attached hydrogens (tertiary/aromatic N) is 1. The zero-order chi connectivity index (χ0) is 17.6. The molecule has 1 amide bonds. The topological polar surface area (TPSA) is 59.9 Å². The van der Waals surface area contributed by atoms with Crippen LogP contribution in [-0.2, 0) is 10.5 Å². The van der Waals surface area contributed by atoms with Crippen molar-refractivity contribution in [2.75, 3.05) is 6.79 Å². The summed E-state index contributed by atoms with van der Waals surface area (Å²) in [4.78, 5) is 12.1. The Kier molecular flexibility index (Phi) is 5.99. The van der Waals surface area contributed by atoms with E-state index in [1.807, 2.05) is 49.4 Å². The SMILES string of the molecule is C[C@@H](SCc1ccccc1)C(=O)N/N=C\c1cc2c(cc1Br)OCO2. The van der Waals surface area contributed by atoms with Gasteiger partial charge in [-0.25, -0.2) is 5.43 Å². The van der Waals surface area contributed by atoms with Gasteiger partial charge in [-0.1, -0.05) is 30.3 Å². The van der Waals surface area contributed by atoms with E-state index in [0.717, 1.165) is 15.8 Å². The number of fused-ring (bicyclic) bond motifs is 1. The maximum Gasteiger partial charge on any atom is 0.252 e. The van der Waals surface area contributed by atoms with Gasteiger partial charge in [0, 0.05) is 15.8 Å². The molecule has 0 fully saturated rings. The van der Waals surface area contributed by atoms with Crippen LogP contribution in [0.1, 0.15) is 18.1 Å². The molecule has 0 saturated carbocycles. The van der Waals surface area contributed by atoms with E-state index < -0.39 is 0 Å². The van der Waals surface area contributed by atoms with Gasteiger partial charge in [-0.2, -0.15) is 5.10 Å². The smallest absolute Gasteiger partial charge is 0.252 e. The second-order valence-electron chi connectivity index (χ2n) is 5.40. The second-order valence-corrected chi connectivity index (χ2v) is 7.58. The summed E-state index contributed by atoms with van der Waals surface area (Å²) in [5, 5.41) is 3.84. The third kappa shape index (κ3) is 4.76. The lowest BCUT2D eigenvalue weighted by Crippen LogP contribution is -2.27. The molecule has 0 saturated heterocycles. The van der Waals surface area contributed by atoms with Crippen LogP contribution in [0.15, 0.2) is 52.0 Å². The fourth-order valence-corrected chi connectivity index (χ4v) is 3.42. The van der Waals surface area contributed by atoms with Crippen molar-refractivity contribution >= 4 is 39.8 Å². The zero-order valence-corrected chi connectivity index (χ0v) is 16.0. The van der Waals surface area contributed by atoms with Crippen LogP contribution in [0.4, 0.5) is 0 Å². The summed E-state index contributed by atoms with van der Waals surface area (Å²) in [6, 6.07) is 13.7. The largest absolute Gasteiger partial charge is 0.454 e. The molecule has 0 radical (unpaired) electrons.